The standard InChI is InChI=1S/C16H24N2/c1-3-14-9-10-16(18-11-14)12-17-13(2)15-7-5-4-6-8-15/h7,9-11,13,17H,3-6,8,12H2,1-2H3/t13-/m0/s1. The fraction of sp³-hybridized carbons (Fsp3) is 0.562. The van der Waals surface area contributed by atoms with Crippen LogP contribution in [-0.2, 0) is 13.0 Å². The maximum atomic E-state index is 4.48. The van der Waals surface area contributed by atoms with Gasteiger partial charge in [0, 0.05) is 18.8 Å². The van der Waals surface area contributed by atoms with E-state index in [4.69, 9.17) is 0 Å². The van der Waals surface area contributed by atoms with Crippen LogP contribution in [0.25, 0.3) is 0 Å². The van der Waals surface area contributed by atoms with E-state index in [0.717, 1.165) is 18.7 Å². The zero-order valence-electron chi connectivity index (χ0n) is 11.6. The zero-order valence-corrected chi connectivity index (χ0v) is 11.6. The fourth-order valence-electron chi connectivity index (χ4n) is 2.41. The summed E-state index contributed by atoms with van der Waals surface area (Å²) >= 11 is 0. The molecule has 1 aliphatic rings. The minimum absolute atomic E-state index is 0.484. The number of allylic oxidation sites excluding steroid dienone is 1. The van der Waals surface area contributed by atoms with Crippen molar-refractivity contribution in [1.29, 1.82) is 0 Å². The first-order chi connectivity index (χ1) is 8.79. The SMILES string of the molecule is CCc1ccc(CN[C@@H](C)C2=CCCCC2)nc1. The van der Waals surface area contributed by atoms with Gasteiger partial charge in [0.15, 0.2) is 0 Å². The maximum absolute atomic E-state index is 4.48. The number of hydrogen-bond acceptors (Lipinski definition) is 2. The summed E-state index contributed by atoms with van der Waals surface area (Å²) in [5.41, 5.74) is 4.02. The number of nitrogens with zero attached hydrogens (tertiary/aromatic N) is 1. The molecule has 1 aliphatic carbocycles. The highest BCUT2D eigenvalue weighted by atomic mass is 14.9. The Labute approximate surface area is 111 Å². The molecule has 18 heavy (non-hydrogen) atoms. The van der Waals surface area contributed by atoms with Crippen molar-refractivity contribution in [2.45, 2.75) is 58.5 Å². The highest BCUT2D eigenvalue weighted by molar-refractivity contribution is 5.15. The lowest BCUT2D eigenvalue weighted by molar-refractivity contribution is 0.555. The van der Waals surface area contributed by atoms with E-state index in [9.17, 15) is 0 Å². The molecule has 0 saturated carbocycles. The molecular formula is C16H24N2. The van der Waals surface area contributed by atoms with Gasteiger partial charge in [0.25, 0.3) is 0 Å². The van der Waals surface area contributed by atoms with Crippen LogP contribution in [0.1, 0.15) is 50.8 Å². The Hall–Kier alpha value is -1.15. The van der Waals surface area contributed by atoms with Crippen molar-refractivity contribution in [2.75, 3.05) is 0 Å². The number of rotatable bonds is 5. The molecule has 0 aliphatic heterocycles. The molecule has 1 aromatic heterocycles. The molecule has 1 N–H and O–H groups in total. The summed E-state index contributed by atoms with van der Waals surface area (Å²) in [6.45, 7) is 5.28. The molecule has 0 unspecified atom stereocenters. The Balaban J connectivity index is 1.84. The van der Waals surface area contributed by atoms with Gasteiger partial charge in [-0.05, 0) is 50.7 Å². The van der Waals surface area contributed by atoms with Crippen molar-refractivity contribution < 1.29 is 0 Å². The molecule has 2 nitrogen and oxygen atoms in total. The van der Waals surface area contributed by atoms with Crippen LogP contribution in [0, 0.1) is 0 Å². The summed E-state index contributed by atoms with van der Waals surface area (Å²) in [5.74, 6) is 0. The van der Waals surface area contributed by atoms with Gasteiger partial charge in [-0.1, -0.05) is 24.6 Å². The number of pyridine rings is 1. The lowest BCUT2D eigenvalue weighted by Gasteiger charge is -2.20. The van der Waals surface area contributed by atoms with Crippen LogP contribution in [0.5, 0.6) is 0 Å². The molecule has 0 bridgehead atoms. The number of nitrogens with one attached hydrogen (secondary N) is 1. The molecule has 0 fully saturated rings. The minimum atomic E-state index is 0.484. The first kappa shape index (κ1) is 13.3. The third-order valence-corrected chi connectivity index (χ3v) is 3.77. The molecule has 1 aromatic rings. The first-order valence-electron chi connectivity index (χ1n) is 7.15. The lowest BCUT2D eigenvalue weighted by atomic mass is 9.95. The van der Waals surface area contributed by atoms with E-state index in [2.05, 4.69) is 42.4 Å². The Morgan fingerprint density at radius 1 is 1.33 bits per heavy atom. The van der Waals surface area contributed by atoms with E-state index in [-0.39, 0.29) is 0 Å². The predicted molar refractivity (Wildman–Crippen MR) is 76.5 cm³/mol. The summed E-state index contributed by atoms with van der Waals surface area (Å²) < 4.78 is 0. The molecule has 0 radical (unpaired) electrons. The summed E-state index contributed by atoms with van der Waals surface area (Å²) in [4.78, 5) is 4.48. The van der Waals surface area contributed by atoms with Gasteiger partial charge in [0.2, 0.25) is 0 Å². The van der Waals surface area contributed by atoms with E-state index in [0.29, 0.717) is 6.04 Å². The molecule has 1 heterocycles. The molecule has 0 aromatic carbocycles. The van der Waals surface area contributed by atoms with Crippen LogP contribution in [0.3, 0.4) is 0 Å². The highest BCUT2D eigenvalue weighted by Crippen LogP contribution is 2.20. The highest BCUT2D eigenvalue weighted by Gasteiger charge is 2.10. The summed E-state index contributed by atoms with van der Waals surface area (Å²) in [5, 5.41) is 3.58. The Bertz CT molecular complexity index is 392. The third-order valence-electron chi connectivity index (χ3n) is 3.77. The van der Waals surface area contributed by atoms with Crippen molar-refractivity contribution >= 4 is 0 Å². The van der Waals surface area contributed by atoms with Crippen molar-refractivity contribution in [3.63, 3.8) is 0 Å². The van der Waals surface area contributed by atoms with E-state index >= 15 is 0 Å². The Morgan fingerprint density at radius 2 is 2.22 bits per heavy atom. The van der Waals surface area contributed by atoms with Crippen molar-refractivity contribution in [1.82, 2.24) is 10.3 Å². The van der Waals surface area contributed by atoms with Crippen molar-refractivity contribution in [3.05, 3.63) is 41.2 Å². The monoisotopic (exact) mass is 244 g/mol. The van der Waals surface area contributed by atoms with Gasteiger partial charge >= 0.3 is 0 Å². The van der Waals surface area contributed by atoms with Crippen LogP contribution in [0.15, 0.2) is 30.0 Å². The second-order valence-corrected chi connectivity index (χ2v) is 5.14. The second kappa shape index (κ2) is 6.69. The van der Waals surface area contributed by atoms with E-state index in [1.807, 2.05) is 6.20 Å². The molecule has 1 atom stereocenters. The largest absolute Gasteiger partial charge is 0.305 e. The van der Waals surface area contributed by atoms with Crippen LogP contribution >= 0.6 is 0 Å². The third kappa shape index (κ3) is 3.67. The van der Waals surface area contributed by atoms with Gasteiger partial charge in [0.1, 0.15) is 0 Å². The minimum Gasteiger partial charge on any atom is -0.305 e. The molecule has 0 saturated heterocycles. The van der Waals surface area contributed by atoms with E-state index in [1.165, 1.54) is 31.2 Å². The second-order valence-electron chi connectivity index (χ2n) is 5.14. The molecule has 2 heteroatoms. The lowest BCUT2D eigenvalue weighted by Crippen LogP contribution is -2.28. The average molecular weight is 244 g/mol. The number of aromatic nitrogens is 1. The molecular weight excluding hydrogens is 220 g/mol. The van der Waals surface area contributed by atoms with Gasteiger partial charge in [0.05, 0.1) is 5.69 Å². The molecule has 2 rings (SSSR count). The van der Waals surface area contributed by atoms with Gasteiger partial charge in [-0.3, -0.25) is 4.98 Å². The first-order valence-corrected chi connectivity index (χ1v) is 7.15. The van der Waals surface area contributed by atoms with Gasteiger partial charge in [-0.2, -0.15) is 0 Å². The predicted octanol–water partition coefficient (Wildman–Crippen LogP) is 3.62. The maximum Gasteiger partial charge on any atom is 0.0542 e. The number of aryl methyl sites for hydroxylation is 1. The quantitative estimate of drug-likeness (QED) is 0.800. The van der Waals surface area contributed by atoms with Crippen molar-refractivity contribution in [2.24, 2.45) is 0 Å². The van der Waals surface area contributed by atoms with Crippen LogP contribution in [-0.4, -0.2) is 11.0 Å². The molecule has 98 valence electrons. The summed E-state index contributed by atoms with van der Waals surface area (Å²) in [6, 6.07) is 4.79. The van der Waals surface area contributed by atoms with Crippen LogP contribution in [0.2, 0.25) is 0 Å². The topological polar surface area (TPSA) is 24.9 Å². The van der Waals surface area contributed by atoms with Crippen molar-refractivity contribution in [3.8, 4) is 0 Å². The van der Waals surface area contributed by atoms with Gasteiger partial charge in [-0.15, -0.1) is 0 Å². The van der Waals surface area contributed by atoms with Gasteiger partial charge < -0.3 is 5.32 Å². The van der Waals surface area contributed by atoms with Crippen LogP contribution < -0.4 is 5.32 Å². The molecule has 0 amide bonds. The average Bonchev–Trinajstić information content (AvgIpc) is 2.46. The fourth-order valence-corrected chi connectivity index (χ4v) is 2.41. The van der Waals surface area contributed by atoms with E-state index < -0.39 is 0 Å². The smallest absolute Gasteiger partial charge is 0.0542 e. The Morgan fingerprint density at radius 3 is 2.83 bits per heavy atom. The summed E-state index contributed by atoms with van der Waals surface area (Å²) in [7, 11) is 0. The summed E-state index contributed by atoms with van der Waals surface area (Å²) in [6.07, 6.45) is 10.7. The van der Waals surface area contributed by atoms with Gasteiger partial charge in [-0.25, -0.2) is 0 Å². The molecule has 0 spiro atoms. The van der Waals surface area contributed by atoms with E-state index in [1.54, 1.807) is 5.57 Å². The normalized spacial score (nSPS) is 17.3. The Kier molecular flexibility index (Phi) is 4.94. The number of hydrogen-bond donors (Lipinski definition) is 1. The van der Waals surface area contributed by atoms with Crippen LogP contribution in [0.4, 0.5) is 0 Å². The zero-order chi connectivity index (χ0) is 12.8.